The highest BCUT2D eigenvalue weighted by Crippen LogP contribution is 2.27. The molecule has 1 N–H and O–H groups in total. The van der Waals surface area contributed by atoms with Crippen molar-refractivity contribution >= 4 is 40.3 Å². The van der Waals surface area contributed by atoms with Gasteiger partial charge in [0.1, 0.15) is 0 Å². The number of aryl methyl sites for hydroxylation is 1. The van der Waals surface area contributed by atoms with Gasteiger partial charge in [-0.3, -0.25) is 15.0 Å². The molecule has 2 aromatic carbocycles. The van der Waals surface area contributed by atoms with Crippen LogP contribution >= 0.6 is 23.8 Å². The van der Waals surface area contributed by atoms with Crippen molar-refractivity contribution in [3.63, 3.8) is 0 Å². The van der Waals surface area contributed by atoms with Gasteiger partial charge in [0.05, 0.1) is 15.6 Å². The molecule has 1 aliphatic heterocycles. The Morgan fingerprint density at radius 1 is 1.22 bits per heavy atom. The van der Waals surface area contributed by atoms with Crippen LogP contribution in [0.15, 0.2) is 42.5 Å². The van der Waals surface area contributed by atoms with Crippen LogP contribution in [0.5, 0.6) is 0 Å². The van der Waals surface area contributed by atoms with Gasteiger partial charge in [0.15, 0.2) is 5.11 Å². The SMILES string of the molecule is Cc1ccccc1CN1CCN(C(=S)Nc2cc([N+](=O)[O-])ccc2Cl)CC1. The maximum absolute atomic E-state index is 10.9. The summed E-state index contributed by atoms with van der Waals surface area (Å²) in [5, 5.41) is 14.9. The molecular weight excluding hydrogens is 384 g/mol. The summed E-state index contributed by atoms with van der Waals surface area (Å²) in [6.45, 7) is 6.46. The smallest absolute Gasteiger partial charge is 0.271 e. The molecule has 0 bridgehead atoms. The average molecular weight is 405 g/mol. The Morgan fingerprint density at radius 2 is 1.93 bits per heavy atom. The lowest BCUT2D eigenvalue weighted by Gasteiger charge is -2.36. The quantitative estimate of drug-likeness (QED) is 0.471. The summed E-state index contributed by atoms with van der Waals surface area (Å²) in [7, 11) is 0. The minimum atomic E-state index is -0.450. The van der Waals surface area contributed by atoms with Gasteiger partial charge < -0.3 is 10.2 Å². The van der Waals surface area contributed by atoms with E-state index < -0.39 is 4.92 Å². The summed E-state index contributed by atoms with van der Waals surface area (Å²) in [6.07, 6.45) is 0. The van der Waals surface area contributed by atoms with E-state index in [1.165, 1.54) is 29.3 Å². The van der Waals surface area contributed by atoms with E-state index in [-0.39, 0.29) is 5.69 Å². The van der Waals surface area contributed by atoms with E-state index in [1.54, 1.807) is 0 Å². The van der Waals surface area contributed by atoms with Crippen molar-refractivity contribution < 1.29 is 4.92 Å². The maximum Gasteiger partial charge on any atom is 0.271 e. The average Bonchev–Trinajstić information content (AvgIpc) is 2.65. The molecule has 2 aromatic rings. The number of nitro groups is 1. The molecule has 0 amide bonds. The van der Waals surface area contributed by atoms with Gasteiger partial charge >= 0.3 is 0 Å². The second kappa shape index (κ2) is 8.65. The highest BCUT2D eigenvalue weighted by atomic mass is 35.5. The van der Waals surface area contributed by atoms with E-state index in [9.17, 15) is 10.1 Å². The third kappa shape index (κ3) is 4.94. The summed E-state index contributed by atoms with van der Waals surface area (Å²) >= 11 is 11.6. The van der Waals surface area contributed by atoms with Crippen LogP contribution in [0.2, 0.25) is 5.02 Å². The molecule has 0 saturated carbocycles. The fraction of sp³-hybridized carbons (Fsp3) is 0.316. The monoisotopic (exact) mass is 404 g/mol. The molecule has 142 valence electrons. The predicted molar refractivity (Wildman–Crippen MR) is 112 cm³/mol. The summed E-state index contributed by atoms with van der Waals surface area (Å²) in [5.41, 5.74) is 3.08. The Bertz CT molecular complexity index is 853. The van der Waals surface area contributed by atoms with Crippen LogP contribution in [0.25, 0.3) is 0 Å². The van der Waals surface area contributed by atoms with E-state index in [4.69, 9.17) is 23.8 Å². The zero-order valence-corrected chi connectivity index (χ0v) is 16.6. The molecule has 27 heavy (non-hydrogen) atoms. The van der Waals surface area contributed by atoms with E-state index in [0.29, 0.717) is 15.8 Å². The van der Waals surface area contributed by atoms with Crippen molar-refractivity contribution in [2.45, 2.75) is 13.5 Å². The number of benzene rings is 2. The van der Waals surface area contributed by atoms with Crippen molar-refractivity contribution in [2.24, 2.45) is 0 Å². The van der Waals surface area contributed by atoms with Crippen LogP contribution in [0.1, 0.15) is 11.1 Å². The molecule has 6 nitrogen and oxygen atoms in total. The first-order valence-corrected chi connectivity index (χ1v) is 9.49. The minimum absolute atomic E-state index is 0.0206. The number of non-ortho nitro benzene ring substituents is 1. The Kier molecular flexibility index (Phi) is 6.26. The lowest BCUT2D eigenvalue weighted by molar-refractivity contribution is -0.384. The number of hydrogen-bond donors (Lipinski definition) is 1. The number of nitrogens with zero attached hydrogens (tertiary/aromatic N) is 3. The van der Waals surface area contributed by atoms with E-state index in [2.05, 4.69) is 46.3 Å². The summed E-state index contributed by atoms with van der Waals surface area (Å²) in [6, 6.07) is 12.7. The Morgan fingerprint density at radius 3 is 2.59 bits per heavy atom. The molecule has 0 unspecified atom stereocenters. The van der Waals surface area contributed by atoms with Gasteiger partial charge in [-0.25, -0.2) is 0 Å². The van der Waals surface area contributed by atoms with Gasteiger partial charge in [0.25, 0.3) is 5.69 Å². The van der Waals surface area contributed by atoms with E-state index in [1.807, 2.05) is 0 Å². The first-order valence-electron chi connectivity index (χ1n) is 8.71. The molecule has 3 rings (SSSR count). The molecule has 0 atom stereocenters. The van der Waals surface area contributed by atoms with Gasteiger partial charge in [-0.15, -0.1) is 0 Å². The van der Waals surface area contributed by atoms with Crippen molar-refractivity contribution in [1.29, 1.82) is 0 Å². The molecule has 1 heterocycles. The van der Waals surface area contributed by atoms with Gasteiger partial charge in [0, 0.05) is 44.9 Å². The first-order chi connectivity index (χ1) is 12.9. The highest BCUT2D eigenvalue weighted by molar-refractivity contribution is 7.80. The molecule has 0 spiro atoms. The van der Waals surface area contributed by atoms with Crippen LogP contribution < -0.4 is 5.32 Å². The topological polar surface area (TPSA) is 61.6 Å². The molecule has 8 heteroatoms. The second-order valence-electron chi connectivity index (χ2n) is 6.54. The Balaban J connectivity index is 1.57. The largest absolute Gasteiger partial charge is 0.346 e. The van der Waals surface area contributed by atoms with Crippen LogP contribution in [-0.4, -0.2) is 46.0 Å². The number of anilines is 1. The molecule has 1 aliphatic rings. The molecule has 0 aromatic heterocycles. The van der Waals surface area contributed by atoms with Crippen LogP contribution in [0.3, 0.4) is 0 Å². The van der Waals surface area contributed by atoms with Gasteiger partial charge in [-0.1, -0.05) is 35.9 Å². The van der Waals surface area contributed by atoms with Crippen LogP contribution in [0, 0.1) is 17.0 Å². The molecule has 0 aliphatic carbocycles. The van der Waals surface area contributed by atoms with Crippen molar-refractivity contribution in [1.82, 2.24) is 9.80 Å². The van der Waals surface area contributed by atoms with E-state index >= 15 is 0 Å². The second-order valence-corrected chi connectivity index (χ2v) is 7.33. The molecule has 1 saturated heterocycles. The van der Waals surface area contributed by atoms with Crippen molar-refractivity contribution in [3.05, 3.63) is 68.7 Å². The number of nitro benzene ring substituents is 1. The third-order valence-corrected chi connectivity index (χ3v) is 5.41. The lowest BCUT2D eigenvalue weighted by atomic mass is 10.1. The first kappa shape index (κ1) is 19.5. The number of hydrogen-bond acceptors (Lipinski definition) is 4. The predicted octanol–water partition coefficient (Wildman–Crippen LogP) is 4.07. The van der Waals surface area contributed by atoms with Crippen LogP contribution in [0.4, 0.5) is 11.4 Å². The summed E-state index contributed by atoms with van der Waals surface area (Å²) < 4.78 is 0. The van der Waals surface area contributed by atoms with E-state index in [0.717, 1.165) is 32.7 Å². The number of piperazine rings is 1. The third-order valence-electron chi connectivity index (χ3n) is 4.72. The zero-order valence-electron chi connectivity index (χ0n) is 15.0. The molecular formula is C19H21ClN4O2S. The minimum Gasteiger partial charge on any atom is -0.346 e. The normalized spacial score (nSPS) is 14.8. The van der Waals surface area contributed by atoms with Crippen molar-refractivity contribution in [2.75, 3.05) is 31.5 Å². The molecule has 0 radical (unpaired) electrons. The lowest BCUT2D eigenvalue weighted by Crippen LogP contribution is -2.49. The summed E-state index contributed by atoms with van der Waals surface area (Å²) in [4.78, 5) is 15.0. The number of rotatable bonds is 4. The Hall–Kier alpha value is -2.22. The fourth-order valence-electron chi connectivity index (χ4n) is 3.05. The zero-order chi connectivity index (χ0) is 19.4. The molecule has 1 fully saturated rings. The van der Waals surface area contributed by atoms with Crippen molar-refractivity contribution in [3.8, 4) is 0 Å². The summed E-state index contributed by atoms with van der Waals surface area (Å²) in [5.74, 6) is 0. The van der Waals surface area contributed by atoms with Crippen LogP contribution in [-0.2, 0) is 6.54 Å². The number of nitrogens with one attached hydrogen (secondary N) is 1. The highest BCUT2D eigenvalue weighted by Gasteiger charge is 2.20. The standard InChI is InChI=1S/C19H21ClN4O2S/c1-14-4-2-3-5-15(14)13-22-8-10-23(11-9-22)19(27)21-18-12-16(24(25)26)6-7-17(18)20/h2-7,12H,8-11,13H2,1H3,(H,21,27). The van der Waals surface area contributed by atoms with Gasteiger partial charge in [-0.2, -0.15) is 0 Å². The Labute approximate surface area is 168 Å². The number of halogens is 1. The number of thiocarbonyl (C=S) groups is 1. The maximum atomic E-state index is 10.9. The van der Waals surface area contributed by atoms with Gasteiger partial charge in [-0.05, 0) is 36.3 Å². The van der Waals surface area contributed by atoms with Gasteiger partial charge in [0.2, 0.25) is 0 Å². The fourth-order valence-corrected chi connectivity index (χ4v) is 3.51.